The molecule has 2 rings (SSSR count). The van der Waals surface area contributed by atoms with E-state index in [0.717, 1.165) is 0 Å². The molecule has 78 valence electrons. The molecule has 0 spiro atoms. The lowest BCUT2D eigenvalue weighted by Crippen LogP contribution is -1.94. The Balaban J connectivity index is 2.29. The summed E-state index contributed by atoms with van der Waals surface area (Å²) >= 11 is 7.24. The van der Waals surface area contributed by atoms with E-state index in [1.807, 2.05) is 0 Å². The fraction of sp³-hybridized carbons (Fsp3) is 0.143. The first-order valence-electron chi connectivity index (χ1n) is 3.98. The third kappa shape index (κ3) is 2.18. The Morgan fingerprint density at radius 3 is 2.93 bits per heavy atom. The van der Waals surface area contributed by atoms with Crippen molar-refractivity contribution in [1.29, 1.82) is 0 Å². The molecule has 6 nitrogen and oxygen atoms in total. The van der Waals surface area contributed by atoms with Crippen molar-refractivity contribution in [1.82, 2.24) is 25.2 Å². The van der Waals surface area contributed by atoms with Crippen molar-refractivity contribution in [2.24, 2.45) is 7.05 Å². The van der Waals surface area contributed by atoms with Crippen LogP contribution < -0.4 is 5.73 Å². The van der Waals surface area contributed by atoms with Gasteiger partial charge in [0.05, 0.1) is 16.9 Å². The quantitative estimate of drug-likeness (QED) is 0.846. The van der Waals surface area contributed by atoms with Gasteiger partial charge in [0.1, 0.15) is 5.03 Å². The zero-order valence-electron chi connectivity index (χ0n) is 7.75. The Kier molecular flexibility index (Phi) is 2.74. The van der Waals surface area contributed by atoms with Gasteiger partial charge in [-0.3, -0.25) is 0 Å². The first-order valence-corrected chi connectivity index (χ1v) is 5.17. The SMILES string of the molecule is Cn1nnnc1Sc1ncc(N)cc1Cl. The van der Waals surface area contributed by atoms with Crippen LogP contribution in [0.4, 0.5) is 5.69 Å². The molecule has 2 aromatic rings. The minimum atomic E-state index is 0.489. The zero-order chi connectivity index (χ0) is 10.8. The molecule has 0 aromatic carbocycles. The number of hydrogen-bond acceptors (Lipinski definition) is 6. The number of anilines is 1. The molecule has 15 heavy (non-hydrogen) atoms. The topological polar surface area (TPSA) is 82.5 Å². The van der Waals surface area contributed by atoms with E-state index in [1.54, 1.807) is 17.8 Å². The van der Waals surface area contributed by atoms with Gasteiger partial charge in [-0.1, -0.05) is 11.6 Å². The smallest absolute Gasteiger partial charge is 0.215 e. The molecule has 2 heterocycles. The largest absolute Gasteiger partial charge is 0.397 e. The van der Waals surface area contributed by atoms with Crippen molar-refractivity contribution < 1.29 is 0 Å². The van der Waals surface area contributed by atoms with E-state index in [0.29, 0.717) is 20.9 Å². The molecule has 0 aliphatic rings. The van der Waals surface area contributed by atoms with E-state index in [-0.39, 0.29) is 0 Å². The molecule has 2 N–H and O–H groups in total. The Bertz CT molecular complexity index is 484. The highest BCUT2D eigenvalue weighted by Crippen LogP contribution is 2.30. The first kappa shape index (κ1) is 10.2. The summed E-state index contributed by atoms with van der Waals surface area (Å²) in [5, 5.41) is 12.8. The lowest BCUT2D eigenvalue weighted by molar-refractivity contribution is 0.664. The summed E-state index contributed by atoms with van der Waals surface area (Å²) in [6.07, 6.45) is 1.54. The first-order chi connectivity index (χ1) is 7.16. The molecule has 0 amide bonds. The highest BCUT2D eigenvalue weighted by Gasteiger charge is 2.09. The van der Waals surface area contributed by atoms with Crippen molar-refractivity contribution >= 4 is 29.1 Å². The standard InChI is InChI=1S/C7H7ClN6S/c1-14-7(11-12-13-14)15-6-5(8)2-4(9)3-10-6/h2-3H,9H2,1H3. The minimum absolute atomic E-state index is 0.489. The number of halogens is 1. The van der Waals surface area contributed by atoms with Gasteiger partial charge < -0.3 is 5.73 Å². The van der Waals surface area contributed by atoms with Crippen molar-refractivity contribution in [3.63, 3.8) is 0 Å². The molecular formula is C7H7ClN6S. The van der Waals surface area contributed by atoms with E-state index < -0.39 is 0 Å². The number of rotatable bonds is 2. The summed E-state index contributed by atoms with van der Waals surface area (Å²) in [7, 11) is 1.74. The Hall–Kier alpha value is -1.34. The van der Waals surface area contributed by atoms with Crippen LogP contribution in [0.1, 0.15) is 0 Å². The van der Waals surface area contributed by atoms with Crippen molar-refractivity contribution in [2.75, 3.05) is 5.73 Å². The fourth-order valence-electron chi connectivity index (χ4n) is 0.909. The van der Waals surface area contributed by atoms with Gasteiger partial charge in [0, 0.05) is 7.05 Å². The van der Waals surface area contributed by atoms with Crippen molar-refractivity contribution in [3.05, 3.63) is 17.3 Å². The molecular weight excluding hydrogens is 236 g/mol. The van der Waals surface area contributed by atoms with Crippen LogP contribution in [0.25, 0.3) is 0 Å². The van der Waals surface area contributed by atoms with Gasteiger partial charge >= 0.3 is 0 Å². The van der Waals surface area contributed by atoms with Crippen molar-refractivity contribution in [3.8, 4) is 0 Å². The Labute approximate surface area is 94.8 Å². The second-order valence-corrected chi connectivity index (χ2v) is 4.11. The molecule has 0 atom stereocenters. The van der Waals surface area contributed by atoms with Crippen molar-refractivity contribution in [2.45, 2.75) is 10.2 Å². The molecule has 0 aliphatic carbocycles. The van der Waals surface area contributed by atoms with Crippen LogP contribution in [0.2, 0.25) is 5.02 Å². The molecule has 0 aliphatic heterocycles. The zero-order valence-corrected chi connectivity index (χ0v) is 9.33. The molecule has 8 heteroatoms. The third-order valence-corrected chi connectivity index (χ3v) is 3.05. The maximum Gasteiger partial charge on any atom is 0.215 e. The van der Waals surface area contributed by atoms with E-state index in [4.69, 9.17) is 17.3 Å². The lowest BCUT2D eigenvalue weighted by atomic mass is 10.4. The predicted octanol–water partition coefficient (Wildman–Crippen LogP) is 0.992. The normalized spacial score (nSPS) is 10.5. The van der Waals surface area contributed by atoms with E-state index in [1.165, 1.54) is 18.0 Å². The molecule has 0 fully saturated rings. The average Bonchev–Trinajstić information content (AvgIpc) is 2.57. The number of pyridine rings is 1. The van der Waals surface area contributed by atoms with Crippen LogP contribution in [0.5, 0.6) is 0 Å². The van der Waals surface area contributed by atoms with E-state index >= 15 is 0 Å². The molecule has 2 aromatic heterocycles. The predicted molar refractivity (Wildman–Crippen MR) is 56.6 cm³/mol. The van der Waals surface area contributed by atoms with Gasteiger partial charge in [-0.2, -0.15) is 0 Å². The monoisotopic (exact) mass is 242 g/mol. The third-order valence-electron chi connectivity index (χ3n) is 1.60. The fourth-order valence-corrected chi connectivity index (χ4v) is 1.88. The number of nitrogens with two attached hydrogens (primary N) is 1. The van der Waals surface area contributed by atoms with Crippen LogP contribution in [0.15, 0.2) is 22.4 Å². The van der Waals surface area contributed by atoms with Gasteiger partial charge in [-0.05, 0) is 28.3 Å². The van der Waals surface area contributed by atoms with Gasteiger partial charge in [-0.25, -0.2) is 9.67 Å². The summed E-state index contributed by atoms with van der Waals surface area (Å²) < 4.78 is 1.54. The van der Waals surface area contributed by atoms with Gasteiger partial charge in [0.15, 0.2) is 0 Å². The number of nitrogens with zero attached hydrogens (tertiary/aromatic N) is 5. The number of tetrazole rings is 1. The van der Waals surface area contributed by atoms with Crippen LogP contribution in [0, 0.1) is 0 Å². The van der Waals surface area contributed by atoms with Gasteiger partial charge in [0.2, 0.25) is 5.16 Å². The number of hydrogen-bond donors (Lipinski definition) is 1. The maximum absolute atomic E-state index is 5.96. The summed E-state index contributed by atoms with van der Waals surface area (Å²) in [4.78, 5) is 4.09. The van der Waals surface area contributed by atoms with Gasteiger partial charge in [-0.15, -0.1) is 5.10 Å². The number of aryl methyl sites for hydroxylation is 1. The second kappa shape index (κ2) is 4.03. The molecule has 0 saturated carbocycles. The summed E-state index contributed by atoms with van der Waals surface area (Å²) in [6, 6.07) is 1.64. The van der Waals surface area contributed by atoms with Gasteiger partial charge in [0.25, 0.3) is 0 Å². The average molecular weight is 243 g/mol. The van der Waals surface area contributed by atoms with Crippen LogP contribution in [-0.2, 0) is 7.05 Å². The molecule has 0 radical (unpaired) electrons. The Morgan fingerprint density at radius 2 is 2.33 bits per heavy atom. The minimum Gasteiger partial charge on any atom is -0.397 e. The highest BCUT2D eigenvalue weighted by atomic mass is 35.5. The highest BCUT2D eigenvalue weighted by molar-refractivity contribution is 7.99. The maximum atomic E-state index is 5.96. The second-order valence-electron chi connectivity index (χ2n) is 2.74. The van der Waals surface area contributed by atoms with Crippen LogP contribution >= 0.6 is 23.4 Å². The summed E-state index contributed by atoms with van der Waals surface area (Å²) in [5.41, 5.74) is 6.06. The van der Waals surface area contributed by atoms with E-state index in [2.05, 4.69) is 20.5 Å². The number of aromatic nitrogens is 5. The van der Waals surface area contributed by atoms with Crippen LogP contribution in [0.3, 0.4) is 0 Å². The molecule has 0 bridgehead atoms. The summed E-state index contributed by atoms with van der Waals surface area (Å²) in [6.45, 7) is 0. The molecule has 0 unspecified atom stereocenters. The lowest BCUT2D eigenvalue weighted by Gasteiger charge is -2.01. The molecule has 0 saturated heterocycles. The van der Waals surface area contributed by atoms with E-state index in [9.17, 15) is 0 Å². The number of nitrogen functional groups attached to an aromatic ring is 1. The van der Waals surface area contributed by atoms with Crippen LogP contribution in [-0.4, -0.2) is 25.2 Å². The summed E-state index contributed by atoms with van der Waals surface area (Å²) in [5.74, 6) is 0. The Morgan fingerprint density at radius 1 is 1.53 bits per heavy atom.